The molecule has 4 rings (SSSR count). The number of pyridine rings is 2. The molecule has 2 aromatic heterocycles. The Labute approximate surface area is 172 Å². The molecular weight excluding hydrogens is 386 g/mol. The zero-order valence-corrected chi connectivity index (χ0v) is 18.2. The second-order valence-electron chi connectivity index (χ2n) is 9.15. The maximum atomic E-state index is 12.8. The summed E-state index contributed by atoms with van der Waals surface area (Å²) in [6.45, 7) is 8.46. The van der Waals surface area contributed by atoms with Crippen LogP contribution < -0.4 is 5.56 Å². The van der Waals surface area contributed by atoms with Gasteiger partial charge in [0.2, 0.25) is 0 Å². The lowest BCUT2D eigenvalue weighted by Crippen LogP contribution is -2.48. The summed E-state index contributed by atoms with van der Waals surface area (Å²) in [5.41, 5.74) is 3.32. The second-order valence-corrected chi connectivity index (χ2v) is 11.3. The lowest BCUT2D eigenvalue weighted by Gasteiger charge is -2.43. The van der Waals surface area contributed by atoms with E-state index in [1.54, 1.807) is 18.3 Å². The number of likely N-dealkylation sites (tertiary alicyclic amines) is 1. The van der Waals surface area contributed by atoms with E-state index in [2.05, 4.69) is 29.8 Å². The number of hydrogen-bond acceptors (Lipinski definition) is 5. The molecule has 4 heterocycles. The van der Waals surface area contributed by atoms with Crippen molar-refractivity contribution in [3.63, 3.8) is 0 Å². The molecule has 0 saturated carbocycles. The molecule has 0 aliphatic carbocycles. The van der Waals surface area contributed by atoms with Crippen LogP contribution in [0.5, 0.6) is 0 Å². The first-order valence-electron chi connectivity index (χ1n) is 10.3. The molecule has 156 valence electrons. The molecular formula is C22H29N3O3S. The minimum Gasteiger partial charge on any atom is -0.312 e. The van der Waals surface area contributed by atoms with Gasteiger partial charge in [-0.1, -0.05) is 19.9 Å². The molecule has 2 aliphatic heterocycles. The predicted molar refractivity (Wildman–Crippen MR) is 115 cm³/mol. The number of hydrogen-bond donors (Lipinski definition) is 0. The summed E-state index contributed by atoms with van der Waals surface area (Å²) >= 11 is 0. The van der Waals surface area contributed by atoms with E-state index < -0.39 is 9.84 Å². The second kappa shape index (κ2) is 7.69. The van der Waals surface area contributed by atoms with E-state index >= 15 is 0 Å². The first-order chi connectivity index (χ1) is 13.7. The third-order valence-electron chi connectivity index (χ3n) is 5.80. The maximum absolute atomic E-state index is 12.8. The van der Waals surface area contributed by atoms with Crippen molar-refractivity contribution >= 4 is 9.84 Å². The molecule has 0 radical (unpaired) electrons. The van der Waals surface area contributed by atoms with Gasteiger partial charge in [-0.25, -0.2) is 8.42 Å². The van der Waals surface area contributed by atoms with Gasteiger partial charge in [-0.3, -0.25) is 9.78 Å². The summed E-state index contributed by atoms with van der Waals surface area (Å²) in [5.74, 6) is 1.52. The molecule has 2 aliphatic rings. The summed E-state index contributed by atoms with van der Waals surface area (Å²) in [7, 11) is -3.09. The van der Waals surface area contributed by atoms with Gasteiger partial charge in [-0.05, 0) is 36.0 Å². The number of rotatable bonds is 5. The number of fused-ring (bicyclic) bond motifs is 4. The van der Waals surface area contributed by atoms with Crippen LogP contribution >= 0.6 is 0 Å². The minimum atomic E-state index is -3.09. The Morgan fingerprint density at radius 3 is 2.62 bits per heavy atom. The van der Waals surface area contributed by atoms with Crippen LogP contribution in [0, 0.1) is 11.8 Å². The van der Waals surface area contributed by atoms with E-state index in [9.17, 15) is 13.2 Å². The standard InChI is InChI=1S/C22H29N3O3S/c1-15(2)10-24-11-17-6-19(13-24)21-7-18(8-22(26)25(21)12-17)20-5-4-16(9-23-20)14-29(3,27)28/h4-5,7-9,15,17,19H,6,10-14H2,1-3H3/t17-,19+/m0/s1. The first kappa shape index (κ1) is 20.3. The Bertz CT molecular complexity index is 1060. The Morgan fingerprint density at radius 1 is 1.17 bits per heavy atom. The molecule has 6 nitrogen and oxygen atoms in total. The molecule has 2 atom stereocenters. The fraction of sp³-hybridized carbons (Fsp3) is 0.545. The van der Waals surface area contributed by atoms with E-state index in [0.717, 1.165) is 43.9 Å². The van der Waals surface area contributed by atoms with Crippen molar-refractivity contribution in [3.8, 4) is 11.3 Å². The van der Waals surface area contributed by atoms with Crippen LogP contribution in [0.1, 0.15) is 37.4 Å². The van der Waals surface area contributed by atoms with Crippen LogP contribution in [-0.2, 0) is 22.1 Å². The van der Waals surface area contributed by atoms with Crippen molar-refractivity contribution in [2.45, 2.75) is 38.5 Å². The van der Waals surface area contributed by atoms with Gasteiger partial charge in [0.25, 0.3) is 5.56 Å². The summed E-state index contributed by atoms with van der Waals surface area (Å²) in [6, 6.07) is 7.36. The van der Waals surface area contributed by atoms with Gasteiger partial charge in [0, 0.05) is 61.9 Å². The van der Waals surface area contributed by atoms with Crippen LogP contribution in [0.25, 0.3) is 11.3 Å². The summed E-state index contributed by atoms with van der Waals surface area (Å²) < 4.78 is 24.9. The zero-order chi connectivity index (χ0) is 20.8. The van der Waals surface area contributed by atoms with Crippen LogP contribution in [0.4, 0.5) is 0 Å². The Morgan fingerprint density at radius 2 is 1.97 bits per heavy atom. The van der Waals surface area contributed by atoms with Gasteiger partial charge >= 0.3 is 0 Å². The fourth-order valence-corrected chi connectivity index (χ4v) is 5.63. The molecule has 0 N–H and O–H groups in total. The molecule has 0 aromatic carbocycles. The molecule has 0 unspecified atom stereocenters. The van der Waals surface area contributed by atoms with Gasteiger partial charge in [-0.15, -0.1) is 0 Å². The average Bonchev–Trinajstić information content (AvgIpc) is 2.61. The van der Waals surface area contributed by atoms with Gasteiger partial charge < -0.3 is 9.47 Å². The molecule has 29 heavy (non-hydrogen) atoms. The van der Waals surface area contributed by atoms with E-state index in [1.807, 2.05) is 10.6 Å². The SMILES string of the molecule is CC(C)CN1C[C@@H]2C[C@H](C1)c1cc(-c3ccc(CS(C)(=O)=O)cn3)cc(=O)n1C2. The number of sulfone groups is 1. The minimum absolute atomic E-state index is 0.0255. The van der Waals surface area contributed by atoms with Crippen LogP contribution in [0.15, 0.2) is 35.3 Å². The summed E-state index contributed by atoms with van der Waals surface area (Å²) in [5, 5.41) is 0. The molecule has 0 amide bonds. The van der Waals surface area contributed by atoms with Gasteiger partial charge in [0.05, 0.1) is 11.4 Å². The smallest absolute Gasteiger partial charge is 0.251 e. The average molecular weight is 416 g/mol. The third kappa shape index (κ3) is 4.61. The van der Waals surface area contributed by atoms with E-state index in [-0.39, 0.29) is 11.3 Å². The molecule has 7 heteroatoms. The largest absolute Gasteiger partial charge is 0.312 e. The summed E-state index contributed by atoms with van der Waals surface area (Å²) in [4.78, 5) is 19.8. The third-order valence-corrected chi connectivity index (χ3v) is 6.66. The van der Waals surface area contributed by atoms with E-state index in [0.29, 0.717) is 29.0 Å². The number of nitrogens with zero attached hydrogens (tertiary/aromatic N) is 3. The topological polar surface area (TPSA) is 72.3 Å². The van der Waals surface area contributed by atoms with E-state index in [1.165, 1.54) is 6.26 Å². The lowest BCUT2D eigenvalue weighted by molar-refractivity contribution is 0.109. The Kier molecular flexibility index (Phi) is 5.38. The highest BCUT2D eigenvalue weighted by molar-refractivity contribution is 7.89. The predicted octanol–water partition coefficient (Wildman–Crippen LogP) is 2.53. The monoisotopic (exact) mass is 415 g/mol. The normalized spacial score (nSPS) is 21.9. The summed E-state index contributed by atoms with van der Waals surface area (Å²) in [6.07, 6.45) is 3.94. The van der Waals surface area contributed by atoms with E-state index in [4.69, 9.17) is 0 Å². The van der Waals surface area contributed by atoms with Gasteiger partial charge in [0.15, 0.2) is 9.84 Å². The van der Waals surface area contributed by atoms with Crippen LogP contribution in [0.2, 0.25) is 0 Å². The zero-order valence-electron chi connectivity index (χ0n) is 17.3. The number of piperidine rings is 1. The maximum Gasteiger partial charge on any atom is 0.251 e. The first-order valence-corrected chi connectivity index (χ1v) is 12.3. The molecule has 0 spiro atoms. The van der Waals surface area contributed by atoms with Crippen molar-refractivity contribution in [1.29, 1.82) is 0 Å². The number of aromatic nitrogens is 2. The highest BCUT2D eigenvalue weighted by Crippen LogP contribution is 2.36. The highest BCUT2D eigenvalue weighted by atomic mass is 32.2. The Hall–Kier alpha value is -1.99. The molecule has 2 bridgehead atoms. The fourth-order valence-electron chi connectivity index (χ4n) is 4.85. The van der Waals surface area contributed by atoms with Gasteiger partial charge in [0.1, 0.15) is 0 Å². The van der Waals surface area contributed by atoms with Crippen LogP contribution in [0.3, 0.4) is 0 Å². The van der Waals surface area contributed by atoms with Crippen molar-refractivity contribution in [2.75, 3.05) is 25.9 Å². The quantitative estimate of drug-likeness (QED) is 0.750. The van der Waals surface area contributed by atoms with Crippen molar-refractivity contribution in [1.82, 2.24) is 14.5 Å². The van der Waals surface area contributed by atoms with Crippen molar-refractivity contribution < 1.29 is 8.42 Å². The van der Waals surface area contributed by atoms with Gasteiger partial charge in [-0.2, -0.15) is 0 Å². The Balaban J connectivity index is 1.64. The molecule has 1 fully saturated rings. The molecule has 2 aromatic rings. The van der Waals surface area contributed by atoms with Crippen molar-refractivity contribution in [2.24, 2.45) is 11.8 Å². The molecule has 1 saturated heterocycles. The lowest BCUT2D eigenvalue weighted by atomic mass is 9.82. The van der Waals surface area contributed by atoms with Crippen molar-refractivity contribution in [3.05, 3.63) is 52.1 Å². The van der Waals surface area contributed by atoms with Crippen LogP contribution in [-0.4, -0.2) is 48.8 Å². The highest BCUT2D eigenvalue weighted by Gasteiger charge is 2.35.